The Bertz CT molecular complexity index is 416. The largest absolute Gasteiger partial charge is 0.508 e. The second-order valence-electron chi connectivity index (χ2n) is 5.95. The summed E-state index contributed by atoms with van der Waals surface area (Å²) in [7, 11) is 0. The fourth-order valence-corrected chi connectivity index (χ4v) is 3.19. The van der Waals surface area contributed by atoms with Gasteiger partial charge in [0.2, 0.25) is 0 Å². The number of rotatable bonds is 2. The van der Waals surface area contributed by atoms with Gasteiger partial charge in [0, 0.05) is 17.6 Å². The highest BCUT2D eigenvalue weighted by Gasteiger charge is 2.28. The van der Waals surface area contributed by atoms with Crippen molar-refractivity contribution in [2.45, 2.75) is 52.6 Å². The van der Waals surface area contributed by atoms with Gasteiger partial charge in [-0.1, -0.05) is 24.6 Å². The third-order valence-electron chi connectivity index (χ3n) is 4.32. The minimum Gasteiger partial charge on any atom is -0.508 e. The molecule has 0 bridgehead atoms. The minimum absolute atomic E-state index is 0.299. The Labute approximate surface area is 111 Å². The van der Waals surface area contributed by atoms with Gasteiger partial charge in [0.1, 0.15) is 5.75 Å². The number of likely N-dealkylation sites (tertiary alicyclic amines) is 1. The first-order valence-corrected chi connectivity index (χ1v) is 7.04. The lowest BCUT2D eigenvalue weighted by atomic mass is 9.90. The van der Waals surface area contributed by atoms with Crippen molar-refractivity contribution in [3.63, 3.8) is 0 Å². The summed E-state index contributed by atoms with van der Waals surface area (Å²) in [6.45, 7) is 10.1. The van der Waals surface area contributed by atoms with Crippen LogP contribution in [0.4, 0.5) is 0 Å². The van der Waals surface area contributed by atoms with E-state index < -0.39 is 0 Å². The Kier molecular flexibility index (Phi) is 3.96. The first-order valence-electron chi connectivity index (χ1n) is 7.04. The Hall–Kier alpha value is -1.02. The van der Waals surface area contributed by atoms with E-state index in [0.717, 1.165) is 18.0 Å². The number of phenols is 1. The van der Waals surface area contributed by atoms with Crippen LogP contribution in [0.2, 0.25) is 0 Å². The maximum Gasteiger partial charge on any atom is 0.120 e. The zero-order valence-corrected chi connectivity index (χ0v) is 12.0. The number of aryl methyl sites for hydroxylation is 1. The molecule has 0 aliphatic carbocycles. The first-order chi connectivity index (χ1) is 8.49. The number of piperidine rings is 1. The summed E-state index contributed by atoms with van der Waals surface area (Å²) in [5.41, 5.74) is 2.28. The monoisotopic (exact) mass is 247 g/mol. The van der Waals surface area contributed by atoms with Gasteiger partial charge >= 0.3 is 0 Å². The number of benzene rings is 1. The van der Waals surface area contributed by atoms with Gasteiger partial charge in [-0.25, -0.2) is 0 Å². The van der Waals surface area contributed by atoms with Crippen LogP contribution in [0.3, 0.4) is 0 Å². The Morgan fingerprint density at radius 3 is 2.72 bits per heavy atom. The number of phenolic OH excluding ortho intramolecular Hbond substituents is 1. The maximum atomic E-state index is 10.0. The number of hydrogen-bond acceptors (Lipinski definition) is 2. The molecule has 0 spiro atoms. The van der Waals surface area contributed by atoms with Crippen LogP contribution in [0.25, 0.3) is 0 Å². The summed E-state index contributed by atoms with van der Waals surface area (Å²) in [6, 6.07) is 6.80. The molecule has 1 saturated heterocycles. The van der Waals surface area contributed by atoms with Crippen molar-refractivity contribution in [1.82, 2.24) is 4.90 Å². The molecule has 3 atom stereocenters. The molecular weight excluding hydrogens is 222 g/mol. The highest BCUT2D eigenvalue weighted by molar-refractivity contribution is 5.37. The van der Waals surface area contributed by atoms with E-state index in [9.17, 15) is 5.11 Å². The number of nitrogens with zero attached hydrogens (tertiary/aromatic N) is 1. The predicted molar refractivity (Wildman–Crippen MR) is 75.8 cm³/mol. The van der Waals surface area contributed by atoms with E-state index >= 15 is 0 Å². The summed E-state index contributed by atoms with van der Waals surface area (Å²) in [6.07, 6.45) is 2.53. The summed E-state index contributed by atoms with van der Waals surface area (Å²) in [4.78, 5) is 2.52. The zero-order valence-electron chi connectivity index (χ0n) is 12.0. The lowest BCUT2D eigenvalue weighted by molar-refractivity contribution is 0.0883. The molecule has 1 aromatic carbocycles. The SMILES string of the molecule is Cc1ccc(O)c(C(C)N2CCC(C)CC2C)c1. The van der Waals surface area contributed by atoms with Crippen molar-refractivity contribution < 1.29 is 5.11 Å². The van der Waals surface area contributed by atoms with Crippen LogP contribution in [0.5, 0.6) is 5.75 Å². The van der Waals surface area contributed by atoms with Gasteiger partial charge < -0.3 is 5.11 Å². The fourth-order valence-electron chi connectivity index (χ4n) is 3.19. The highest BCUT2D eigenvalue weighted by Crippen LogP contribution is 2.34. The van der Waals surface area contributed by atoms with Gasteiger partial charge in [-0.2, -0.15) is 0 Å². The second kappa shape index (κ2) is 5.31. The number of aromatic hydroxyl groups is 1. The molecule has 100 valence electrons. The third-order valence-corrected chi connectivity index (χ3v) is 4.32. The normalized spacial score (nSPS) is 27.1. The summed E-state index contributed by atoms with van der Waals surface area (Å²) < 4.78 is 0. The van der Waals surface area contributed by atoms with Crippen molar-refractivity contribution in [3.8, 4) is 5.75 Å². The molecule has 2 heteroatoms. The van der Waals surface area contributed by atoms with Gasteiger partial charge in [0.25, 0.3) is 0 Å². The topological polar surface area (TPSA) is 23.5 Å². The predicted octanol–water partition coefficient (Wildman–Crippen LogP) is 3.88. The molecule has 2 rings (SSSR count). The molecule has 0 amide bonds. The van der Waals surface area contributed by atoms with E-state index in [-0.39, 0.29) is 0 Å². The van der Waals surface area contributed by atoms with E-state index in [2.05, 4.69) is 38.7 Å². The standard InChI is InChI=1S/C16H25NO/c1-11-5-6-16(18)15(10-11)14(4)17-8-7-12(2)9-13(17)3/h5-6,10,12-14,18H,7-9H2,1-4H3. The van der Waals surface area contributed by atoms with Crippen molar-refractivity contribution in [3.05, 3.63) is 29.3 Å². The maximum absolute atomic E-state index is 10.0. The molecule has 0 saturated carbocycles. The van der Waals surface area contributed by atoms with E-state index in [1.165, 1.54) is 18.4 Å². The smallest absolute Gasteiger partial charge is 0.120 e. The molecule has 0 aromatic heterocycles. The van der Waals surface area contributed by atoms with Crippen molar-refractivity contribution >= 4 is 0 Å². The van der Waals surface area contributed by atoms with Gasteiger partial charge in [0.05, 0.1) is 0 Å². The van der Waals surface area contributed by atoms with Crippen molar-refractivity contribution in [2.24, 2.45) is 5.92 Å². The van der Waals surface area contributed by atoms with Crippen LogP contribution in [-0.2, 0) is 0 Å². The lowest BCUT2D eigenvalue weighted by Crippen LogP contribution is -2.41. The minimum atomic E-state index is 0.299. The average molecular weight is 247 g/mol. The van der Waals surface area contributed by atoms with E-state index in [0.29, 0.717) is 17.8 Å². The van der Waals surface area contributed by atoms with Crippen LogP contribution in [0.15, 0.2) is 18.2 Å². The molecule has 1 aliphatic rings. The lowest BCUT2D eigenvalue weighted by Gasteiger charge is -2.40. The van der Waals surface area contributed by atoms with E-state index in [4.69, 9.17) is 0 Å². The quantitative estimate of drug-likeness (QED) is 0.857. The molecule has 1 fully saturated rings. The van der Waals surface area contributed by atoms with E-state index in [1.54, 1.807) is 0 Å². The summed E-state index contributed by atoms with van der Waals surface area (Å²) >= 11 is 0. The van der Waals surface area contributed by atoms with Crippen LogP contribution < -0.4 is 0 Å². The van der Waals surface area contributed by atoms with Crippen LogP contribution >= 0.6 is 0 Å². The van der Waals surface area contributed by atoms with Gasteiger partial charge in [0.15, 0.2) is 0 Å². The molecular formula is C16H25NO. The van der Waals surface area contributed by atoms with Crippen molar-refractivity contribution in [2.75, 3.05) is 6.54 Å². The highest BCUT2D eigenvalue weighted by atomic mass is 16.3. The molecule has 1 aromatic rings. The van der Waals surface area contributed by atoms with Crippen LogP contribution in [0, 0.1) is 12.8 Å². The molecule has 1 heterocycles. The van der Waals surface area contributed by atoms with E-state index in [1.807, 2.05) is 12.1 Å². The molecule has 2 nitrogen and oxygen atoms in total. The Morgan fingerprint density at radius 1 is 1.33 bits per heavy atom. The molecule has 1 aliphatic heterocycles. The molecule has 1 N–H and O–H groups in total. The van der Waals surface area contributed by atoms with Gasteiger partial charge in [-0.15, -0.1) is 0 Å². The average Bonchev–Trinajstić information content (AvgIpc) is 2.31. The van der Waals surface area contributed by atoms with Gasteiger partial charge in [-0.3, -0.25) is 4.90 Å². The van der Waals surface area contributed by atoms with Crippen molar-refractivity contribution in [1.29, 1.82) is 0 Å². The molecule has 18 heavy (non-hydrogen) atoms. The summed E-state index contributed by atoms with van der Waals surface area (Å²) in [5.74, 6) is 1.26. The third kappa shape index (κ3) is 2.69. The molecule has 0 radical (unpaired) electrons. The Balaban J connectivity index is 2.20. The second-order valence-corrected chi connectivity index (χ2v) is 5.95. The fraction of sp³-hybridized carbons (Fsp3) is 0.625. The molecule has 3 unspecified atom stereocenters. The Morgan fingerprint density at radius 2 is 2.06 bits per heavy atom. The van der Waals surface area contributed by atoms with Gasteiger partial charge in [-0.05, 0) is 52.1 Å². The summed E-state index contributed by atoms with van der Waals surface area (Å²) in [5, 5.41) is 10.0. The van der Waals surface area contributed by atoms with Crippen LogP contribution in [0.1, 0.15) is 50.8 Å². The first kappa shape index (κ1) is 13.4. The number of hydrogen-bond donors (Lipinski definition) is 1. The zero-order chi connectivity index (χ0) is 13.3. The van der Waals surface area contributed by atoms with Crippen LogP contribution in [-0.4, -0.2) is 22.6 Å².